The highest BCUT2D eigenvalue weighted by Crippen LogP contribution is 2.41. The lowest BCUT2D eigenvalue weighted by atomic mass is 9.72. The zero-order valence-electron chi connectivity index (χ0n) is 11.7. The molecule has 17 heavy (non-hydrogen) atoms. The summed E-state index contributed by atoms with van der Waals surface area (Å²) in [6.45, 7) is 13.7. The zero-order chi connectivity index (χ0) is 12.4. The SMILES string of the molecule is CCCC1(CC(C)(C)N2CCNCC2)COC1. The van der Waals surface area contributed by atoms with Crippen LogP contribution in [0.4, 0.5) is 0 Å². The summed E-state index contributed by atoms with van der Waals surface area (Å²) >= 11 is 0. The van der Waals surface area contributed by atoms with Gasteiger partial charge in [-0.05, 0) is 26.7 Å². The van der Waals surface area contributed by atoms with Crippen LogP contribution in [0, 0.1) is 5.41 Å². The van der Waals surface area contributed by atoms with Crippen molar-refractivity contribution in [2.75, 3.05) is 39.4 Å². The molecule has 0 aromatic heterocycles. The number of hydrogen-bond acceptors (Lipinski definition) is 3. The fourth-order valence-electron chi connectivity index (χ4n) is 3.56. The van der Waals surface area contributed by atoms with Crippen molar-refractivity contribution in [3.63, 3.8) is 0 Å². The van der Waals surface area contributed by atoms with E-state index in [0.717, 1.165) is 26.3 Å². The van der Waals surface area contributed by atoms with Crippen LogP contribution in [0.2, 0.25) is 0 Å². The van der Waals surface area contributed by atoms with Crippen LogP contribution in [0.3, 0.4) is 0 Å². The molecule has 0 unspecified atom stereocenters. The molecule has 2 aliphatic rings. The topological polar surface area (TPSA) is 24.5 Å². The van der Waals surface area contributed by atoms with Gasteiger partial charge in [-0.25, -0.2) is 0 Å². The molecule has 2 rings (SSSR count). The van der Waals surface area contributed by atoms with Crippen LogP contribution in [0.5, 0.6) is 0 Å². The van der Waals surface area contributed by atoms with Crippen molar-refractivity contribution in [3.8, 4) is 0 Å². The van der Waals surface area contributed by atoms with Crippen LogP contribution in [0.25, 0.3) is 0 Å². The minimum absolute atomic E-state index is 0.320. The lowest BCUT2D eigenvalue weighted by molar-refractivity contribution is -0.141. The molecule has 2 saturated heterocycles. The molecule has 0 aromatic rings. The highest BCUT2D eigenvalue weighted by Gasteiger charge is 2.43. The Morgan fingerprint density at radius 3 is 2.35 bits per heavy atom. The summed E-state index contributed by atoms with van der Waals surface area (Å²) in [5.41, 5.74) is 0.796. The second-order valence-corrected chi connectivity index (χ2v) is 6.47. The summed E-state index contributed by atoms with van der Waals surface area (Å²) in [6.07, 6.45) is 3.89. The van der Waals surface area contributed by atoms with Crippen LogP contribution < -0.4 is 5.32 Å². The van der Waals surface area contributed by atoms with Crippen molar-refractivity contribution in [2.24, 2.45) is 5.41 Å². The number of hydrogen-bond donors (Lipinski definition) is 1. The minimum Gasteiger partial charge on any atom is -0.380 e. The van der Waals surface area contributed by atoms with Crippen molar-refractivity contribution in [3.05, 3.63) is 0 Å². The van der Waals surface area contributed by atoms with E-state index in [9.17, 15) is 0 Å². The van der Waals surface area contributed by atoms with Gasteiger partial charge in [0.15, 0.2) is 0 Å². The monoisotopic (exact) mass is 240 g/mol. The average Bonchev–Trinajstić information content (AvgIpc) is 2.27. The smallest absolute Gasteiger partial charge is 0.0545 e. The van der Waals surface area contributed by atoms with Crippen molar-refractivity contribution in [1.82, 2.24) is 10.2 Å². The van der Waals surface area contributed by atoms with Crippen LogP contribution >= 0.6 is 0 Å². The summed E-state index contributed by atoms with van der Waals surface area (Å²) in [7, 11) is 0. The van der Waals surface area contributed by atoms with Crippen LogP contribution in [-0.4, -0.2) is 49.8 Å². The second kappa shape index (κ2) is 5.25. The first-order valence-electron chi connectivity index (χ1n) is 7.12. The first-order chi connectivity index (χ1) is 8.08. The highest BCUT2D eigenvalue weighted by atomic mass is 16.5. The van der Waals surface area contributed by atoms with E-state index in [1.54, 1.807) is 0 Å². The third-order valence-electron chi connectivity index (χ3n) is 4.38. The van der Waals surface area contributed by atoms with E-state index in [2.05, 4.69) is 31.0 Å². The molecule has 3 nitrogen and oxygen atoms in total. The van der Waals surface area contributed by atoms with Crippen LogP contribution in [-0.2, 0) is 4.74 Å². The van der Waals surface area contributed by atoms with E-state index in [4.69, 9.17) is 4.74 Å². The molecule has 3 heteroatoms. The first-order valence-corrected chi connectivity index (χ1v) is 7.12. The molecule has 1 N–H and O–H groups in total. The van der Waals surface area contributed by atoms with Gasteiger partial charge in [-0.3, -0.25) is 4.90 Å². The van der Waals surface area contributed by atoms with E-state index in [1.807, 2.05) is 0 Å². The molecule has 0 atom stereocenters. The van der Waals surface area contributed by atoms with Gasteiger partial charge in [-0.2, -0.15) is 0 Å². The standard InChI is InChI=1S/C14H28N2O/c1-4-5-14(11-17-12-14)10-13(2,3)16-8-6-15-7-9-16/h15H,4-12H2,1-3H3. The molecule has 2 fully saturated rings. The van der Waals surface area contributed by atoms with Crippen molar-refractivity contribution in [2.45, 2.75) is 45.6 Å². The molecule has 0 saturated carbocycles. The molecular weight excluding hydrogens is 212 g/mol. The average molecular weight is 240 g/mol. The quantitative estimate of drug-likeness (QED) is 0.794. The van der Waals surface area contributed by atoms with Crippen LogP contribution in [0.1, 0.15) is 40.0 Å². The predicted octanol–water partition coefficient (Wildman–Crippen LogP) is 1.88. The van der Waals surface area contributed by atoms with Gasteiger partial charge in [0.2, 0.25) is 0 Å². The highest BCUT2D eigenvalue weighted by molar-refractivity contribution is 4.95. The second-order valence-electron chi connectivity index (χ2n) is 6.47. The number of ether oxygens (including phenoxy) is 1. The third-order valence-corrected chi connectivity index (χ3v) is 4.38. The molecule has 100 valence electrons. The summed E-state index contributed by atoms with van der Waals surface area (Å²) in [4.78, 5) is 2.65. The molecule has 0 aromatic carbocycles. The predicted molar refractivity (Wildman–Crippen MR) is 71.3 cm³/mol. The summed E-state index contributed by atoms with van der Waals surface area (Å²) < 4.78 is 5.49. The van der Waals surface area contributed by atoms with Gasteiger partial charge in [0.05, 0.1) is 13.2 Å². The summed E-state index contributed by atoms with van der Waals surface area (Å²) in [5, 5.41) is 3.44. The zero-order valence-corrected chi connectivity index (χ0v) is 11.7. The van der Waals surface area contributed by atoms with Gasteiger partial charge < -0.3 is 10.1 Å². The Kier molecular flexibility index (Phi) is 4.11. The van der Waals surface area contributed by atoms with Gasteiger partial charge in [0.25, 0.3) is 0 Å². The lowest BCUT2D eigenvalue weighted by Crippen LogP contribution is -2.57. The Hall–Kier alpha value is -0.120. The molecule has 2 aliphatic heterocycles. The van der Waals surface area contributed by atoms with Crippen molar-refractivity contribution >= 4 is 0 Å². The fourth-order valence-corrected chi connectivity index (χ4v) is 3.56. The number of rotatable bonds is 5. The fraction of sp³-hybridized carbons (Fsp3) is 1.00. The van der Waals surface area contributed by atoms with Gasteiger partial charge in [0.1, 0.15) is 0 Å². The Balaban J connectivity index is 1.94. The van der Waals surface area contributed by atoms with Gasteiger partial charge >= 0.3 is 0 Å². The first kappa shape index (κ1) is 13.3. The van der Waals surface area contributed by atoms with Crippen molar-refractivity contribution in [1.29, 1.82) is 0 Å². The Bertz CT molecular complexity index is 243. The number of piperazine rings is 1. The van der Waals surface area contributed by atoms with Gasteiger partial charge in [0, 0.05) is 37.1 Å². The van der Waals surface area contributed by atoms with Gasteiger partial charge in [-0.15, -0.1) is 0 Å². The Morgan fingerprint density at radius 2 is 1.88 bits per heavy atom. The number of nitrogens with one attached hydrogen (secondary N) is 1. The molecule has 2 heterocycles. The van der Waals surface area contributed by atoms with Gasteiger partial charge in [-0.1, -0.05) is 13.3 Å². The molecule has 0 radical (unpaired) electrons. The molecule has 0 aliphatic carbocycles. The maximum Gasteiger partial charge on any atom is 0.0545 e. The molecule has 0 spiro atoms. The van der Waals surface area contributed by atoms with E-state index < -0.39 is 0 Å². The van der Waals surface area contributed by atoms with E-state index in [1.165, 1.54) is 32.4 Å². The molecule has 0 amide bonds. The Labute approximate surface area is 106 Å². The van der Waals surface area contributed by atoms with E-state index >= 15 is 0 Å². The maximum atomic E-state index is 5.49. The lowest BCUT2D eigenvalue weighted by Gasteiger charge is -2.50. The minimum atomic E-state index is 0.320. The normalized spacial score (nSPS) is 25.6. The molecular formula is C14H28N2O. The molecule has 0 bridgehead atoms. The summed E-state index contributed by atoms with van der Waals surface area (Å²) in [5.74, 6) is 0. The Morgan fingerprint density at radius 1 is 1.24 bits per heavy atom. The van der Waals surface area contributed by atoms with Crippen LogP contribution in [0.15, 0.2) is 0 Å². The third kappa shape index (κ3) is 3.01. The number of nitrogens with zero attached hydrogens (tertiary/aromatic N) is 1. The van der Waals surface area contributed by atoms with E-state index in [0.29, 0.717) is 11.0 Å². The largest absolute Gasteiger partial charge is 0.380 e. The summed E-state index contributed by atoms with van der Waals surface area (Å²) in [6, 6.07) is 0. The van der Waals surface area contributed by atoms with Crippen molar-refractivity contribution < 1.29 is 4.74 Å². The maximum absolute atomic E-state index is 5.49. The van der Waals surface area contributed by atoms with E-state index in [-0.39, 0.29) is 0 Å².